The van der Waals surface area contributed by atoms with Crippen molar-refractivity contribution in [3.8, 4) is 0 Å². The van der Waals surface area contributed by atoms with E-state index in [1.165, 1.54) is 12.1 Å². The van der Waals surface area contributed by atoms with Gasteiger partial charge < -0.3 is 10.6 Å². The van der Waals surface area contributed by atoms with Crippen LogP contribution in [-0.4, -0.2) is 30.4 Å². The van der Waals surface area contributed by atoms with E-state index in [4.69, 9.17) is 5.73 Å². The molecule has 1 aliphatic heterocycles. The molecule has 0 bridgehead atoms. The third-order valence-corrected chi connectivity index (χ3v) is 4.70. The fourth-order valence-corrected chi connectivity index (χ4v) is 3.35. The first-order chi connectivity index (χ1) is 11.6. The highest BCUT2D eigenvalue weighted by molar-refractivity contribution is 5.85. The number of carbonyl (C=O) groups excluding carboxylic acids is 1. The minimum Gasteiger partial charge on any atom is -0.341 e. The molecule has 0 spiro atoms. The van der Waals surface area contributed by atoms with E-state index in [2.05, 4.69) is 0 Å². The standard InChI is InChI=1S/C19H20F2N2O.ClH/c20-17-8-4-7-14(19(17)21)9-18(24)23-11-15(10-22)16(12-23)13-5-2-1-3-6-13;/h1-8,15-16H,9-12,22H2;1H/t15-,16+;/m1./s1. The Bertz CT molecular complexity index is 727. The Kier molecular flexibility index (Phi) is 6.51. The molecule has 3 nitrogen and oxygen atoms in total. The number of hydrogen-bond donors (Lipinski definition) is 1. The lowest BCUT2D eigenvalue weighted by Crippen LogP contribution is -2.31. The highest BCUT2D eigenvalue weighted by atomic mass is 35.5. The van der Waals surface area contributed by atoms with Gasteiger partial charge >= 0.3 is 0 Å². The minimum atomic E-state index is -0.944. The molecule has 0 unspecified atom stereocenters. The highest BCUT2D eigenvalue weighted by Gasteiger charge is 2.35. The molecule has 0 aliphatic carbocycles. The van der Waals surface area contributed by atoms with Crippen LogP contribution in [0, 0.1) is 17.6 Å². The van der Waals surface area contributed by atoms with E-state index in [1.807, 2.05) is 30.3 Å². The maximum absolute atomic E-state index is 13.8. The van der Waals surface area contributed by atoms with Crippen molar-refractivity contribution in [2.24, 2.45) is 11.7 Å². The smallest absolute Gasteiger partial charge is 0.227 e. The van der Waals surface area contributed by atoms with Crippen LogP contribution in [0.5, 0.6) is 0 Å². The quantitative estimate of drug-likeness (QED) is 0.903. The summed E-state index contributed by atoms with van der Waals surface area (Å²) in [6.07, 6.45) is -0.137. The monoisotopic (exact) mass is 366 g/mol. The number of nitrogens with zero attached hydrogens (tertiary/aromatic N) is 1. The first kappa shape index (κ1) is 19.3. The van der Waals surface area contributed by atoms with Gasteiger partial charge in [-0.05, 0) is 24.1 Å². The molecule has 1 saturated heterocycles. The average Bonchev–Trinajstić information content (AvgIpc) is 3.04. The van der Waals surface area contributed by atoms with Gasteiger partial charge in [-0.15, -0.1) is 12.4 Å². The number of carbonyl (C=O) groups is 1. The van der Waals surface area contributed by atoms with Gasteiger partial charge in [0.15, 0.2) is 11.6 Å². The first-order valence-corrected chi connectivity index (χ1v) is 8.05. The summed E-state index contributed by atoms with van der Waals surface area (Å²) in [5.74, 6) is -1.72. The van der Waals surface area contributed by atoms with Crippen molar-refractivity contribution in [1.82, 2.24) is 4.90 Å². The SMILES string of the molecule is Cl.NC[C@@H]1CN(C(=O)Cc2cccc(F)c2F)C[C@H]1c1ccccc1. The molecule has 0 saturated carbocycles. The second-order valence-corrected chi connectivity index (χ2v) is 6.20. The van der Waals surface area contributed by atoms with E-state index in [0.29, 0.717) is 19.6 Å². The van der Waals surface area contributed by atoms with E-state index in [1.54, 1.807) is 4.90 Å². The van der Waals surface area contributed by atoms with Crippen molar-refractivity contribution in [3.05, 3.63) is 71.3 Å². The molecule has 2 N–H and O–H groups in total. The predicted molar refractivity (Wildman–Crippen MR) is 95.6 cm³/mol. The third kappa shape index (κ3) is 4.17. The summed E-state index contributed by atoms with van der Waals surface area (Å²) < 4.78 is 27.1. The number of hydrogen-bond acceptors (Lipinski definition) is 2. The Labute approximate surface area is 152 Å². The van der Waals surface area contributed by atoms with Gasteiger partial charge in [-0.25, -0.2) is 8.78 Å². The number of rotatable bonds is 4. The van der Waals surface area contributed by atoms with Gasteiger partial charge in [0.2, 0.25) is 5.91 Å². The molecular weight excluding hydrogens is 346 g/mol. The lowest BCUT2D eigenvalue weighted by Gasteiger charge is -2.17. The first-order valence-electron chi connectivity index (χ1n) is 8.05. The van der Waals surface area contributed by atoms with E-state index in [-0.39, 0.29) is 42.1 Å². The molecule has 1 aliphatic rings. The Balaban J connectivity index is 0.00000225. The number of benzene rings is 2. The maximum Gasteiger partial charge on any atom is 0.227 e. The van der Waals surface area contributed by atoms with Gasteiger partial charge in [0.05, 0.1) is 6.42 Å². The van der Waals surface area contributed by atoms with Crippen LogP contribution in [0.1, 0.15) is 17.0 Å². The molecule has 2 aromatic carbocycles. The van der Waals surface area contributed by atoms with Crippen LogP contribution in [0.4, 0.5) is 8.78 Å². The lowest BCUT2D eigenvalue weighted by atomic mass is 9.89. The second kappa shape index (κ2) is 8.41. The van der Waals surface area contributed by atoms with E-state index in [9.17, 15) is 13.6 Å². The number of likely N-dealkylation sites (tertiary alicyclic amines) is 1. The van der Waals surface area contributed by atoms with Gasteiger partial charge in [-0.1, -0.05) is 42.5 Å². The van der Waals surface area contributed by atoms with Crippen LogP contribution < -0.4 is 5.73 Å². The van der Waals surface area contributed by atoms with Gasteiger partial charge in [0.25, 0.3) is 0 Å². The molecule has 2 aromatic rings. The zero-order valence-corrected chi connectivity index (χ0v) is 14.5. The van der Waals surface area contributed by atoms with Gasteiger partial charge in [-0.3, -0.25) is 4.79 Å². The molecule has 1 amide bonds. The van der Waals surface area contributed by atoms with Crippen LogP contribution in [0.15, 0.2) is 48.5 Å². The molecule has 25 heavy (non-hydrogen) atoms. The van der Waals surface area contributed by atoms with Crippen molar-refractivity contribution < 1.29 is 13.6 Å². The van der Waals surface area contributed by atoms with E-state index < -0.39 is 11.6 Å². The van der Waals surface area contributed by atoms with E-state index in [0.717, 1.165) is 11.6 Å². The van der Waals surface area contributed by atoms with Crippen molar-refractivity contribution in [2.75, 3.05) is 19.6 Å². The normalized spacial score (nSPS) is 19.6. The molecular formula is C19H21ClF2N2O. The molecule has 1 heterocycles. The Morgan fingerprint density at radius 2 is 1.80 bits per heavy atom. The van der Waals surface area contributed by atoms with Gasteiger partial charge in [-0.2, -0.15) is 0 Å². The molecule has 1 fully saturated rings. The van der Waals surface area contributed by atoms with Crippen LogP contribution in [0.25, 0.3) is 0 Å². The summed E-state index contributed by atoms with van der Waals surface area (Å²) in [6, 6.07) is 13.9. The topological polar surface area (TPSA) is 46.3 Å². The van der Waals surface area contributed by atoms with Gasteiger partial charge in [0, 0.05) is 24.6 Å². The number of amides is 1. The molecule has 3 rings (SSSR count). The summed E-state index contributed by atoms with van der Waals surface area (Å²) in [6.45, 7) is 1.59. The number of nitrogens with two attached hydrogens (primary N) is 1. The third-order valence-electron chi connectivity index (χ3n) is 4.70. The van der Waals surface area contributed by atoms with Crippen LogP contribution in [-0.2, 0) is 11.2 Å². The molecule has 0 radical (unpaired) electrons. The maximum atomic E-state index is 13.8. The van der Waals surface area contributed by atoms with Crippen LogP contribution in [0.3, 0.4) is 0 Å². The minimum absolute atomic E-state index is 0. The Morgan fingerprint density at radius 3 is 2.48 bits per heavy atom. The molecule has 134 valence electrons. The fourth-order valence-electron chi connectivity index (χ4n) is 3.35. The van der Waals surface area contributed by atoms with Gasteiger partial charge in [0.1, 0.15) is 0 Å². The van der Waals surface area contributed by atoms with Crippen molar-refractivity contribution in [2.45, 2.75) is 12.3 Å². The Morgan fingerprint density at radius 1 is 1.08 bits per heavy atom. The summed E-state index contributed by atoms with van der Waals surface area (Å²) in [5, 5.41) is 0. The molecule has 6 heteroatoms. The van der Waals surface area contributed by atoms with Crippen LogP contribution >= 0.6 is 12.4 Å². The molecule has 0 aromatic heterocycles. The summed E-state index contributed by atoms with van der Waals surface area (Å²) in [7, 11) is 0. The summed E-state index contributed by atoms with van der Waals surface area (Å²) >= 11 is 0. The number of halogens is 3. The van der Waals surface area contributed by atoms with Crippen molar-refractivity contribution >= 4 is 18.3 Å². The average molecular weight is 367 g/mol. The van der Waals surface area contributed by atoms with E-state index >= 15 is 0 Å². The zero-order valence-electron chi connectivity index (χ0n) is 13.7. The fraction of sp³-hybridized carbons (Fsp3) is 0.316. The highest BCUT2D eigenvalue weighted by Crippen LogP contribution is 2.32. The summed E-state index contributed by atoms with van der Waals surface area (Å²) in [4.78, 5) is 14.2. The second-order valence-electron chi connectivity index (χ2n) is 6.20. The van der Waals surface area contributed by atoms with Crippen LogP contribution in [0.2, 0.25) is 0 Å². The van der Waals surface area contributed by atoms with Crippen molar-refractivity contribution in [3.63, 3.8) is 0 Å². The molecule has 2 atom stereocenters. The summed E-state index contributed by atoms with van der Waals surface area (Å²) in [5.41, 5.74) is 7.12. The van der Waals surface area contributed by atoms with Crippen molar-refractivity contribution in [1.29, 1.82) is 0 Å². The lowest BCUT2D eigenvalue weighted by molar-refractivity contribution is -0.129. The predicted octanol–water partition coefficient (Wildman–Crippen LogP) is 3.13. The Hall–Kier alpha value is -1.98. The largest absolute Gasteiger partial charge is 0.341 e. The zero-order chi connectivity index (χ0) is 17.1.